The summed E-state index contributed by atoms with van der Waals surface area (Å²) < 4.78 is 26.4. The van der Waals surface area contributed by atoms with Crippen molar-refractivity contribution in [3.8, 4) is 0 Å². The van der Waals surface area contributed by atoms with E-state index in [0.29, 0.717) is 18.5 Å². The first-order valence-electron chi connectivity index (χ1n) is 6.07. The Labute approximate surface area is 105 Å². The van der Waals surface area contributed by atoms with Crippen LogP contribution in [0.5, 0.6) is 0 Å². The van der Waals surface area contributed by atoms with Crippen LogP contribution in [0.4, 0.5) is 8.78 Å². The molecule has 0 saturated carbocycles. The summed E-state index contributed by atoms with van der Waals surface area (Å²) in [4.78, 5) is 1.68. The van der Waals surface area contributed by atoms with Gasteiger partial charge in [0.25, 0.3) is 0 Å². The first kappa shape index (κ1) is 13.4. The molecule has 0 aromatic heterocycles. The quantitative estimate of drug-likeness (QED) is 0.867. The Morgan fingerprint density at radius 2 is 1.83 bits per heavy atom. The summed E-state index contributed by atoms with van der Waals surface area (Å²) in [6.07, 6.45) is -0.368. The highest BCUT2D eigenvalue weighted by atomic mass is 19.1. The van der Waals surface area contributed by atoms with Gasteiger partial charge in [-0.25, -0.2) is 8.78 Å². The van der Waals surface area contributed by atoms with Gasteiger partial charge in [-0.15, -0.1) is 0 Å². The molecular formula is C13H17F2NO2. The predicted octanol–water partition coefficient (Wildman–Crippen LogP) is 1.80. The van der Waals surface area contributed by atoms with Crippen LogP contribution in [0.25, 0.3) is 0 Å². The summed E-state index contributed by atoms with van der Waals surface area (Å²) in [5.74, 6) is -1.24. The van der Waals surface area contributed by atoms with Gasteiger partial charge in [-0.2, -0.15) is 0 Å². The number of likely N-dealkylation sites (tertiary alicyclic amines) is 1. The summed E-state index contributed by atoms with van der Waals surface area (Å²) in [7, 11) is 0. The van der Waals surface area contributed by atoms with Crippen molar-refractivity contribution >= 4 is 0 Å². The smallest absolute Gasteiger partial charge is 0.133 e. The fourth-order valence-corrected chi connectivity index (χ4v) is 2.51. The number of halogens is 2. The van der Waals surface area contributed by atoms with Crippen molar-refractivity contribution in [3.05, 3.63) is 35.4 Å². The van der Waals surface area contributed by atoms with E-state index in [9.17, 15) is 19.0 Å². The fourth-order valence-electron chi connectivity index (χ4n) is 2.51. The molecule has 2 rings (SSSR count). The Hall–Kier alpha value is -1.04. The van der Waals surface area contributed by atoms with E-state index < -0.39 is 24.0 Å². The van der Waals surface area contributed by atoms with Gasteiger partial charge < -0.3 is 10.2 Å². The fraction of sp³-hybridized carbons (Fsp3) is 0.538. The van der Waals surface area contributed by atoms with Crippen molar-refractivity contribution in [3.63, 3.8) is 0 Å². The highest BCUT2D eigenvalue weighted by Crippen LogP contribution is 2.34. The molecule has 0 aliphatic carbocycles. The number of aliphatic hydroxyl groups is 2. The molecule has 1 aliphatic heterocycles. The molecule has 0 bridgehead atoms. The second-order valence-corrected chi connectivity index (χ2v) is 4.75. The molecule has 0 spiro atoms. The van der Waals surface area contributed by atoms with E-state index in [2.05, 4.69) is 0 Å². The van der Waals surface area contributed by atoms with E-state index in [1.54, 1.807) is 4.90 Å². The van der Waals surface area contributed by atoms with E-state index in [4.69, 9.17) is 0 Å². The average Bonchev–Trinajstić information content (AvgIpc) is 2.75. The number of rotatable bonds is 3. The van der Waals surface area contributed by atoms with Gasteiger partial charge in [0.15, 0.2) is 0 Å². The van der Waals surface area contributed by atoms with Crippen molar-refractivity contribution in [2.75, 3.05) is 6.54 Å². The third-order valence-corrected chi connectivity index (χ3v) is 3.34. The number of hydrogen-bond donors (Lipinski definition) is 2. The number of aliphatic hydroxyl groups excluding tert-OH is 2. The SMILES string of the molecule is CC(O)C(O)N1CCC[C@@H]1c1cc(F)cc(F)c1. The molecule has 0 radical (unpaired) electrons. The van der Waals surface area contributed by atoms with Crippen molar-refractivity contribution < 1.29 is 19.0 Å². The van der Waals surface area contributed by atoms with Gasteiger partial charge in [-0.3, -0.25) is 4.90 Å². The van der Waals surface area contributed by atoms with Crippen LogP contribution in [0.15, 0.2) is 18.2 Å². The third kappa shape index (κ3) is 2.68. The molecule has 1 aliphatic rings. The second-order valence-electron chi connectivity index (χ2n) is 4.75. The monoisotopic (exact) mass is 257 g/mol. The van der Waals surface area contributed by atoms with Crippen LogP contribution >= 0.6 is 0 Å². The summed E-state index contributed by atoms with van der Waals surface area (Å²) in [6.45, 7) is 2.10. The van der Waals surface area contributed by atoms with Gasteiger partial charge in [-0.1, -0.05) is 0 Å². The van der Waals surface area contributed by atoms with Crippen LogP contribution in [-0.2, 0) is 0 Å². The van der Waals surface area contributed by atoms with Crippen molar-refractivity contribution in [1.29, 1.82) is 0 Å². The van der Waals surface area contributed by atoms with Gasteiger partial charge in [-0.05, 0) is 37.5 Å². The zero-order chi connectivity index (χ0) is 13.3. The molecule has 18 heavy (non-hydrogen) atoms. The Bertz CT molecular complexity index is 405. The number of nitrogens with zero attached hydrogens (tertiary/aromatic N) is 1. The van der Waals surface area contributed by atoms with Crippen LogP contribution in [0, 0.1) is 11.6 Å². The topological polar surface area (TPSA) is 43.7 Å². The summed E-state index contributed by atoms with van der Waals surface area (Å²) >= 11 is 0. The molecule has 3 atom stereocenters. The highest BCUT2D eigenvalue weighted by Gasteiger charge is 2.33. The van der Waals surface area contributed by atoms with Crippen molar-refractivity contribution in [1.82, 2.24) is 4.90 Å². The average molecular weight is 257 g/mol. The molecule has 2 unspecified atom stereocenters. The molecule has 3 nitrogen and oxygen atoms in total. The first-order chi connectivity index (χ1) is 8.49. The highest BCUT2D eigenvalue weighted by molar-refractivity contribution is 5.22. The first-order valence-corrected chi connectivity index (χ1v) is 6.07. The van der Waals surface area contributed by atoms with Crippen LogP contribution in [0.1, 0.15) is 31.4 Å². The zero-order valence-electron chi connectivity index (χ0n) is 10.2. The molecule has 0 amide bonds. The maximum absolute atomic E-state index is 13.2. The van der Waals surface area contributed by atoms with Gasteiger partial charge in [0.1, 0.15) is 17.9 Å². The van der Waals surface area contributed by atoms with Gasteiger partial charge in [0, 0.05) is 18.7 Å². The summed E-state index contributed by atoms with van der Waals surface area (Å²) in [5, 5.41) is 19.3. The lowest BCUT2D eigenvalue weighted by Crippen LogP contribution is -2.41. The lowest BCUT2D eigenvalue weighted by atomic mass is 10.0. The molecule has 1 aromatic carbocycles. The maximum Gasteiger partial charge on any atom is 0.133 e. The second kappa shape index (κ2) is 5.30. The van der Waals surface area contributed by atoms with Gasteiger partial charge in [0.05, 0.1) is 6.10 Å². The molecule has 100 valence electrons. The number of benzene rings is 1. The minimum absolute atomic E-state index is 0.250. The maximum atomic E-state index is 13.2. The summed E-state index contributed by atoms with van der Waals surface area (Å²) in [6, 6.07) is 3.13. The molecule has 5 heteroatoms. The van der Waals surface area contributed by atoms with Gasteiger partial charge >= 0.3 is 0 Å². The molecule has 1 saturated heterocycles. The molecule has 2 N–H and O–H groups in total. The van der Waals surface area contributed by atoms with Crippen LogP contribution in [-0.4, -0.2) is 34.0 Å². The van der Waals surface area contributed by atoms with E-state index in [1.807, 2.05) is 0 Å². The lowest BCUT2D eigenvalue weighted by Gasteiger charge is -2.31. The third-order valence-electron chi connectivity index (χ3n) is 3.34. The minimum atomic E-state index is -1.01. The van der Waals surface area contributed by atoms with Crippen LogP contribution in [0.2, 0.25) is 0 Å². The molecule has 1 heterocycles. The van der Waals surface area contributed by atoms with E-state index in [0.717, 1.165) is 12.5 Å². The summed E-state index contributed by atoms with van der Waals surface area (Å²) in [5.41, 5.74) is 0.504. The minimum Gasteiger partial charge on any atom is -0.389 e. The van der Waals surface area contributed by atoms with E-state index >= 15 is 0 Å². The van der Waals surface area contributed by atoms with Crippen molar-refractivity contribution in [2.24, 2.45) is 0 Å². The largest absolute Gasteiger partial charge is 0.389 e. The Morgan fingerprint density at radius 3 is 2.39 bits per heavy atom. The number of hydrogen-bond acceptors (Lipinski definition) is 3. The lowest BCUT2D eigenvalue weighted by molar-refractivity contribution is -0.0820. The Kier molecular flexibility index (Phi) is 3.94. The molecule has 1 aromatic rings. The Balaban J connectivity index is 2.25. The Morgan fingerprint density at radius 1 is 1.22 bits per heavy atom. The van der Waals surface area contributed by atoms with Gasteiger partial charge in [0.2, 0.25) is 0 Å². The van der Waals surface area contributed by atoms with E-state index in [1.165, 1.54) is 19.1 Å². The van der Waals surface area contributed by atoms with Crippen LogP contribution < -0.4 is 0 Å². The van der Waals surface area contributed by atoms with Crippen molar-refractivity contribution in [2.45, 2.75) is 38.1 Å². The predicted molar refractivity (Wildman–Crippen MR) is 62.7 cm³/mol. The zero-order valence-corrected chi connectivity index (χ0v) is 10.2. The standard InChI is InChI=1S/C13H17F2NO2/c1-8(17)13(18)16-4-2-3-12(16)9-5-10(14)7-11(15)6-9/h5-8,12-13,17-18H,2-4H2,1H3/t8?,12-,13?/m1/s1. The van der Waals surface area contributed by atoms with Crippen LogP contribution in [0.3, 0.4) is 0 Å². The van der Waals surface area contributed by atoms with E-state index in [-0.39, 0.29) is 6.04 Å². The molecular weight excluding hydrogens is 240 g/mol. The molecule has 1 fully saturated rings. The normalized spacial score (nSPS) is 24.2.